The molecule has 1 aromatic rings. The van der Waals surface area contributed by atoms with E-state index in [1.54, 1.807) is 5.92 Å². The molecule has 0 unspecified atom stereocenters. The number of aromatic nitrogens is 1. The lowest BCUT2D eigenvalue weighted by atomic mass is 9.97. The molecular weight excluding hydrogens is 170 g/mol. The van der Waals surface area contributed by atoms with Crippen LogP contribution in [0.5, 0.6) is 0 Å². The van der Waals surface area contributed by atoms with Crippen LogP contribution in [0.2, 0.25) is 0 Å². The molecule has 0 aliphatic heterocycles. The molecule has 0 saturated heterocycles. The summed E-state index contributed by atoms with van der Waals surface area (Å²) in [4.78, 5) is 4.12. The van der Waals surface area contributed by atoms with Crippen molar-refractivity contribution in [2.24, 2.45) is 0 Å². The van der Waals surface area contributed by atoms with E-state index in [1.807, 2.05) is 18.5 Å². The fraction of sp³-hybridized carbons (Fsp3) is 0.538. The van der Waals surface area contributed by atoms with Crippen LogP contribution in [0.15, 0.2) is 24.5 Å². The van der Waals surface area contributed by atoms with Gasteiger partial charge in [0.15, 0.2) is 0 Å². The SMILES string of the molecule is CCCC[C](C)CCc1cccnc1. The summed E-state index contributed by atoms with van der Waals surface area (Å²) < 4.78 is 0. The van der Waals surface area contributed by atoms with Crippen LogP contribution in [-0.2, 0) is 6.42 Å². The lowest BCUT2D eigenvalue weighted by Gasteiger charge is -2.09. The van der Waals surface area contributed by atoms with Gasteiger partial charge in [-0.2, -0.15) is 0 Å². The number of nitrogens with zero attached hydrogens (tertiary/aromatic N) is 1. The fourth-order valence-electron chi connectivity index (χ4n) is 1.51. The molecule has 0 atom stereocenters. The summed E-state index contributed by atoms with van der Waals surface area (Å²) in [6.45, 7) is 4.51. The highest BCUT2D eigenvalue weighted by molar-refractivity contribution is 5.09. The van der Waals surface area contributed by atoms with Gasteiger partial charge in [0, 0.05) is 12.4 Å². The minimum atomic E-state index is 1.14. The second-order valence-electron chi connectivity index (χ2n) is 3.92. The number of rotatable bonds is 6. The summed E-state index contributed by atoms with van der Waals surface area (Å²) in [5.74, 6) is 1.62. The first-order valence-corrected chi connectivity index (χ1v) is 5.53. The van der Waals surface area contributed by atoms with Crippen LogP contribution in [0.1, 0.15) is 45.1 Å². The van der Waals surface area contributed by atoms with Gasteiger partial charge in [-0.25, -0.2) is 0 Å². The van der Waals surface area contributed by atoms with E-state index in [1.165, 1.54) is 31.2 Å². The van der Waals surface area contributed by atoms with Gasteiger partial charge in [0.25, 0.3) is 0 Å². The van der Waals surface area contributed by atoms with Crippen LogP contribution in [0, 0.1) is 5.92 Å². The van der Waals surface area contributed by atoms with Crippen LogP contribution in [0.4, 0.5) is 0 Å². The molecule has 77 valence electrons. The first-order chi connectivity index (χ1) is 6.83. The maximum absolute atomic E-state index is 4.12. The zero-order chi connectivity index (χ0) is 10.2. The Morgan fingerprint density at radius 2 is 2.21 bits per heavy atom. The van der Waals surface area contributed by atoms with Crippen molar-refractivity contribution in [2.75, 3.05) is 0 Å². The zero-order valence-electron chi connectivity index (χ0n) is 9.29. The molecule has 0 fully saturated rings. The number of aryl methyl sites for hydroxylation is 1. The van der Waals surface area contributed by atoms with Crippen LogP contribution < -0.4 is 0 Å². The van der Waals surface area contributed by atoms with Gasteiger partial charge in [-0.15, -0.1) is 0 Å². The second-order valence-corrected chi connectivity index (χ2v) is 3.92. The lowest BCUT2D eigenvalue weighted by molar-refractivity contribution is 0.670. The van der Waals surface area contributed by atoms with Crippen molar-refractivity contribution >= 4 is 0 Å². The van der Waals surface area contributed by atoms with E-state index >= 15 is 0 Å². The van der Waals surface area contributed by atoms with Crippen molar-refractivity contribution < 1.29 is 0 Å². The molecule has 1 aromatic heterocycles. The van der Waals surface area contributed by atoms with Crippen molar-refractivity contribution in [3.8, 4) is 0 Å². The molecule has 1 heterocycles. The van der Waals surface area contributed by atoms with Crippen molar-refractivity contribution in [1.82, 2.24) is 4.98 Å². The minimum Gasteiger partial charge on any atom is -0.264 e. The topological polar surface area (TPSA) is 12.9 Å². The van der Waals surface area contributed by atoms with Gasteiger partial charge in [-0.1, -0.05) is 32.8 Å². The maximum atomic E-state index is 4.12. The van der Waals surface area contributed by atoms with Gasteiger partial charge in [0.2, 0.25) is 0 Å². The van der Waals surface area contributed by atoms with Gasteiger partial charge < -0.3 is 0 Å². The molecule has 0 N–H and O–H groups in total. The Morgan fingerprint density at radius 3 is 2.86 bits per heavy atom. The van der Waals surface area contributed by atoms with E-state index in [2.05, 4.69) is 24.9 Å². The van der Waals surface area contributed by atoms with Crippen LogP contribution in [-0.4, -0.2) is 4.98 Å². The predicted octanol–water partition coefficient (Wildman–Crippen LogP) is 3.80. The third kappa shape index (κ3) is 4.40. The largest absolute Gasteiger partial charge is 0.264 e. The summed E-state index contributed by atoms with van der Waals surface area (Å²) in [6.07, 6.45) is 10.1. The van der Waals surface area contributed by atoms with Crippen molar-refractivity contribution in [3.63, 3.8) is 0 Å². The van der Waals surface area contributed by atoms with Gasteiger partial charge in [-0.3, -0.25) is 4.98 Å². The Balaban J connectivity index is 2.20. The summed E-state index contributed by atoms with van der Waals surface area (Å²) in [6, 6.07) is 4.16. The highest BCUT2D eigenvalue weighted by Crippen LogP contribution is 2.16. The summed E-state index contributed by atoms with van der Waals surface area (Å²) >= 11 is 0. The zero-order valence-corrected chi connectivity index (χ0v) is 9.29. The Morgan fingerprint density at radius 1 is 1.36 bits per heavy atom. The molecule has 0 aliphatic carbocycles. The quantitative estimate of drug-likeness (QED) is 0.665. The van der Waals surface area contributed by atoms with Gasteiger partial charge in [0.1, 0.15) is 0 Å². The van der Waals surface area contributed by atoms with Gasteiger partial charge in [0.05, 0.1) is 0 Å². The number of unbranched alkanes of at least 4 members (excludes halogenated alkanes) is 1. The molecule has 1 radical (unpaired) electrons. The third-order valence-electron chi connectivity index (χ3n) is 2.52. The molecule has 0 saturated carbocycles. The van der Waals surface area contributed by atoms with E-state index in [0.29, 0.717) is 0 Å². The Hall–Kier alpha value is -0.850. The minimum absolute atomic E-state index is 1.14. The van der Waals surface area contributed by atoms with E-state index in [4.69, 9.17) is 0 Å². The van der Waals surface area contributed by atoms with Gasteiger partial charge in [-0.05, 0) is 36.8 Å². The maximum Gasteiger partial charge on any atom is 0.0299 e. The highest BCUT2D eigenvalue weighted by Gasteiger charge is 2.02. The summed E-state index contributed by atoms with van der Waals surface area (Å²) in [5.41, 5.74) is 1.35. The summed E-state index contributed by atoms with van der Waals surface area (Å²) in [5, 5.41) is 0. The molecule has 0 aromatic carbocycles. The van der Waals surface area contributed by atoms with Crippen LogP contribution in [0.25, 0.3) is 0 Å². The standard InChI is InChI=1S/C13H20N/c1-3-4-6-12(2)8-9-13-7-5-10-14-11-13/h5,7,10-11H,3-4,6,8-9H2,1-2H3. The normalized spacial score (nSPS) is 10.8. The first kappa shape index (κ1) is 11.2. The molecule has 1 heteroatoms. The van der Waals surface area contributed by atoms with E-state index in [9.17, 15) is 0 Å². The van der Waals surface area contributed by atoms with Gasteiger partial charge >= 0.3 is 0 Å². The van der Waals surface area contributed by atoms with Crippen LogP contribution in [0.3, 0.4) is 0 Å². The third-order valence-corrected chi connectivity index (χ3v) is 2.52. The van der Waals surface area contributed by atoms with Crippen molar-refractivity contribution in [2.45, 2.75) is 46.0 Å². The molecule has 0 bridgehead atoms. The lowest BCUT2D eigenvalue weighted by Crippen LogP contribution is -1.95. The smallest absolute Gasteiger partial charge is 0.0299 e. The number of hydrogen-bond acceptors (Lipinski definition) is 1. The first-order valence-electron chi connectivity index (χ1n) is 5.53. The molecule has 0 amide bonds. The number of hydrogen-bond donors (Lipinski definition) is 0. The second kappa shape index (κ2) is 6.58. The molecule has 0 spiro atoms. The average Bonchev–Trinajstić information content (AvgIpc) is 2.25. The van der Waals surface area contributed by atoms with E-state index in [0.717, 1.165) is 6.42 Å². The molecule has 1 nitrogen and oxygen atoms in total. The Bertz CT molecular complexity index is 230. The molecule has 1 rings (SSSR count). The Labute approximate surface area is 87.6 Å². The summed E-state index contributed by atoms with van der Waals surface area (Å²) in [7, 11) is 0. The monoisotopic (exact) mass is 190 g/mol. The Kier molecular flexibility index (Phi) is 5.28. The highest BCUT2D eigenvalue weighted by atomic mass is 14.6. The fourth-order valence-corrected chi connectivity index (χ4v) is 1.51. The predicted molar refractivity (Wildman–Crippen MR) is 61.0 cm³/mol. The van der Waals surface area contributed by atoms with Crippen molar-refractivity contribution in [1.29, 1.82) is 0 Å². The molecule has 14 heavy (non-hydrogen) atoms. The van der Waals surface area contributed by atoms with Crippen LogP contribution >= 0.6 is 0 Å². The average molecular weight is 190 g/mol. The van der Waals surface area contributed by atoms with E-state index in [-0.39, 0.29) is 0 Å². The number of pyridine rings is 1. The van der Waals surface area contributed by atoms with E-state index < -0.39 is 0 Å². The van der Waals surface area contributed by atoms with Crippen molar-refractivity contribution in [3.05, 3.63) is 36.0 Å². The molecular formula is C13H20N. The molecule has 0 aliphatic rings.